The monoisotopic (exact) mass is 362 g/mol. The topological polar surface area (TPSA) is 43.4 Å². The zero-order valence-corrected chi connectivity index (χ0v) is 12.7. The summed E-state index contributed by atoms with van der Waals surface area (Å²) in [4.78, 5) is 22.5. The molecule has 0 amide bonds. The highest BCUT2D eigenvalue weighted by Crippen LogP contribution is 2.33. The van der Waals surface area contributed by atoms with Gasteiger partial charge >= 0.3 is 6.18 Å². The van der Waals surface area contributed by atoms with Crippen molar-refractivity contribution in [3.63, 3.8) is 0 Å². The second-order valence-electron chi connectivity index (χ2n) is 4.38. The summed E-state index contributed by atoms with van der Waals surface area (Å²) in [6.45, 7) is 0. The first-order chi connectivity index (χ1) is 10.7. The molecule has 3 nitrogen and oxygen atoms in total. The molecule has 0 spiro atoms. The Hall–Kier alpha value is -2.05. The molecule has 0 heterocycles. The Balaban J connectivity index is 2.36. The second-order valence-corrected chi connectivity index (χ2v) is 5.07. The fourth-order valence-corrected chi connectivity index (χ4v) is 2.00. The van der Waals surface area contributed by atoms with Crippen molar-refractivity contribution in [1.29, 1.82) is 0 Å². The van der Waals surface area contributed by atoms with Gasteiger partial charge in [-0.15, -0.1) is 0 Å². The van der Waals surface area contributed by atoms with Crippen molar-refractivity contribution in [3.05, 3.63) is 59.2 Å². The van der Waals surface area contributed by atoms with E-state index in [1.165, 1.54) is 18.2 Å². The molecule has 0 unspecified atom stereocenters. The lowest BCUT2D eigenvalue weighted by Gasteiger charge is -2.11. The van der Waals surface area contributed by atoms with Gasteiger partial charge in [0.15, 0.2) is 0 Å². The van der Waals surface area contributed by atoms with Gasteiger partial charge in [0, 0.05) is 5.56 Å². The van der Waals surface area contributed by atoms with E-state index in [0.29, 0.717) is 0 Å². The van der Waals surface area contributed by atoms with Crippen LogP contribution in [0.3, 0.4) is 0 Å². The summed E-state index contributed by atoms with van der Waals surface area (Å²) in [6, 6.07) is 7.53. The molecule has 0 aliphatic rings. The number of alkyl halides is 3. The highest BCUT2D eigenvalue weighted by Gasteiger charge is 2.30. The molecule has 0 saturated carbocycles. The minimum Gasteiger partial charge on any atom is -0.457 e. The Labute approximate surface area is 138 Å². The highest BCUT2D eigenvalue weighted by atomic mass is 35.5. The molecule has 2 rings (SSSR count). The molecule has 0 N–H and O–H groups in total. The van der Waals surface area contributed by atoms with Crippen molar-refractivity contribution in [2.75, 3.05) is 0 Å². The van der Waals surface area contributed by atoms with Gasteiger partial charge in [0.2, 0.25) is 0 Å². The van der Waals surface area contributed by atoms with Crippen molar-refractivity contribution in [2.45, 2.75) is 6.18 Å². The summed E-state index contributed by atoms with van der Waals surface area (Å²) in [5.74, 6) is -0.0485. The first-order valence-corrected chi connectivity index (χ1v) is 6.83. The summed E-state index contributed by atoms with van der Waals surface area (Å²) >= 11 is 10.7. The summed E-state index contributed by atoms with van der Waals surface area (Å²) < 4.78 is 42.9. The van der Waals surface area contributed by atoms with Crippen LogP contribution in [0.4, 0.5) is 13.2 Å². The Kier molecular flexibility index (Phi) is 4.97. The summed E-state index contributed by atoms with van der Waals surface area (Å²) in [7, 11) is 0. The predicted molar refractivity (Wildman–Crippen MR) is 78.3 cm³/mol. The summed E-state index contributed by atoms with van der Waals surface area (Å²) in [5.41, 5.74) is -0.841. The average Bonchev–Trinajstić information content (AvgIpc) is 2.46. The van der Waals surface area contributed by atoms with Crippen LogP contribution in [0.5, 0.6) is 11.5 Å². The highest BCUT2D eigenvalue weighted by molar-refractivity contribution is 6.68. The van der Waals surface area contributed by atoms with Gasteiger partial charge in [0.05, 0.1) is 11.1 Å². The maximum atomic E-state index is 12.5. The second kappa shape index (κ2) is 6.60. The predicted octanol–water partition coefficient (Wildman–Crippen LogP) is 5.26. The van der Waals surface area contributed by atoms with E-state index in [2.05, 4.69) is 0 Å². The molecule has 2 aromatic rings. The quantitative estimate of drug-likeness (QED) is 0.697. The Morgan fingerprint density at radius 1 is 0.913 bits per heavy atom. The smallest absolute Gasteiger partial charge is 0.416 e. The van der Waals surface area contributed by atoms with Gasteiger partial charge in [-0.2, -0.15) is 13.2 Å². The Morgan fingerprint density at radius 2 is 1.52 bits per heavy atom. The Morgan fingerprint density at radius 3 is 2.00 bits per heavy atom. The molecule has 0 radical (unpaired) electrons. The molecule has 120 valence electrons. The zero-order chi connectivity index (χ0) is 17.2. The third-order valence-electron chi connectivity index (χ3n) is 2.83. The number of benzene rings is 2. The minimum atomic E-state index is -4.47. The molecule has 0 aromatic heterocycles. The third kappa shape index (κ3) is 4.24. The van der Waals surface area contributed by atoms with Crippen LogP contribution in [0.15, 0.2) is 42.5 Å². The van der Waals surface area contributed by atoms with Gasteiger partial charge in [-0.1, -0.05) is 0 Å². The van der Waals surface area contributed by atoms with Crippen LogP contribution in [-0.4, -0.2) is 10.5 Å². The number of rotatable bonds is 4. The van der Waals surface area contributed by atoms with E-state index in [4.69, 9.17) is 27.9 Å². The van der Waals surface area contributed by atoms with E-state index in [1.807, 2.05) is 0 Å². The largest absolute Gasteiger partial charge is 0.457 e. The average molecular weight is 363 g/mol. The van der Waals surface area contributed by atoms with Crippen molar-refractivity contribution < 1.29 is 27.5 Å². The SMILES string of the molecule is O=C(Cl)c1ccc(C(=O)Cl)c(Oc2ccc(C(F)(F)F)cc2)c1. The number of carbonyl (C=O) groups is 2. The van der Waals surface area contributed by atoms with Gasteiger partial charge in [-0.3, -0.25) is 9.59 Å². The van der Waals surface area contributed by atoms with Crippen LogP contribution in [0.2, 0.25) is 0 Å². The molecule has 0 aliphatic heterocycles. The van der Waals surface area contributed by atoms with E-state index in [0.717, 1.165) is 24.3 Å². The number of hydrogen-bond acceptors (Lipinski definition) is 3. The fourth-order valence-electron chi connectivity index (χ4n) is 1.73. The van der Waals surface area contributed by atoms with Crippen LogP contribution in [0, 0.1) is 0 Å². The zero-order valence-electron chi connectivity index (χ0n) is 11.2. The van der Waals surface area contributed by atoms with Crippen molar-refractivity contribution >= 4 is 33.7 Å². The van der Waals surface area contributed by atoms with Crippen molar-refractivity contribution in [3.8, 4) is 11.5 Å². The lowest BCUT2D eigenvalue weighted by molar-refractivity contribution is -0.137. The molecule has 8 heteroatoms. The maximum Gasteiger partial charge on any atom is 0.416 e. The van der Waals surface area contributed by atoms with Crippen molar-refractivity contribution in [2.24, 2.45) is 0 Å². The number of halogens is 5. The maximum absolute atomic E-state index is 12.5. The molecule has 0 aliphatic carbocycles. The number of ether oxygens (including phenoxy) is 1. The molecular weight excluding hydrogens is 356 g/mol. The lowest BCUT2D eigenvalue weighted by Crippen LogP contribution is -2.04. The first kappa shape index (κ1) is 17.3. The molecule has 2 aromatic carbocycles. The first-order valence-electron chi connectivity index (χ1n) is 6.07. The third-order valence-corrected chi connectivity index (χ3v) is 3.25. The van der Waals surface area contributed by atoms with Crippen molar-refractivity contribution in [1.82, 2.24) is 0 Å². The standard InChI is InChI=1S/C15H7Cl2F3O3/c16-13(21)8-1-6-11(14(17)22)12(7-8)23-10-4-2-9(3-5-10)15(18,19)20/h1-7H. The Bertz CT molecular complexity index is 756. The fraction of sp³-hybridized carbons (Fsp3) is 0.0667. The summed E-state index contributed by atoms with van der Waals surface area (Å²) in [5, 5.41) is -1.63. The van der Waals surface area contributed by atoms with Gasteiger partial charge < -0.3 is 4.74 Å². The normalized spacial score (nSPS) is 11.2. The minimum absolute atomic E-state index is 0.0383. The van der Waals surface area contributed by atoms with E-state index < -0.39 is 22.2 Å². The van der Waals surface area contributed by atoms with Gasteiger partial charge in [0.1, 0.15) is 11.5 Å². The molecule has 0 saturated heterocycles. The van der Waals surface area contributed by atoms with Crippen LogP contribution >= 0.6 is 23.2 Å². The number of carbonyl (C=O) groups excluding carboxylic acids is 2. The van der Waals surface area contributed by atoms with E-state index in [9.17, 15) is 22.8 Å². The number of hydrogen-bond donors (Lipinski definition) is 0. The van der Waals surface area contributed by atoms with Crippen LogP contribution in [0.1, 0.15) is 26.3 Å². The molecule has 0 fully saturated rings. The van der Waals surface area contributed by atoms with E-state index in [1.54, 1.807) is 0 Å². The molecule has 0 atom stereocenters. The lowest BCUT2D eigenvalue weighted by atomic mass is 10.1. The van der Waals surface area contributed by atoms with E-state index >= 15 is 0 Å². The van der Waals surface area contributed by atoms with E-state index in [-0.39, 0.29) is 22.6 Å². The van der Waals surface area contributed by atoms with Crippen LogP contribution in [-0.2, 0) is 6.18 Å². The van der Waals surface area contributed by atoms with Gasteiger partial charge in [-0.25, -0.2) is 0 Å². The van der Waals surface area contributed by atoms with Crippen LogP contribution < -0.4 is 4.74 Å². The molecule has 23 heavy (non-hydrogen) atoms. The van der Waals surface area contributed by atoms with Gasteiger partial charge in [-0.05, 0) is 65.7 Å². The summed E-state index contributed by atoms with van der Waals surface area (Å²) in [6.07, 6.45) is -4.47. The van der Waals surface area contributed by atoms with Crippen LogP contribution in [0.25, 0.3) is 0 Å². The molecular formula is C15H7Cl2F3O3. The molecule has 0 bridgehead atoms. The van der Waals surface area contributed by atoms with Gasteiger partial charge in [0.25, 0.3) is 10.5 Å².